The van der Waals surface area contributed by atoms with E-state index in [-0.39, 0.29) is 0 Å². The van der Waals surface area contributed by atoms with Gasteiger partial charge in [-0.15, -0.1) is 0 Å². The van der Waals surface area contributed by atoms with Crippen LogP contribution in [0, 0.1) is 12.8 Å². The first-order valence-electron chi connectivity index (χ1n) is 5.68. The largest absolute Gasteiger partial charge is 0.374 e. The number of nitrogens with two attached hydrogens (primary N) is 1. The average molecular weight is 204 g/mol. The van der Waals surface area contributed by atoms with Crippen molar-refractivity contribution in [3.8, 4) is 0 Å². The van der Waals surface area contributed by atoms with Crippen molar-refractivity contribution in [2.45, 2.75) is 25.8 Å². The second-order valence-corrected chi connectivity index (χ2v) is 4.81. The van der Waals surface area contributed by atoms with Crippen LogP contribution in [0.3, 0.4) is 0 Å². The molecule has 0 radical (unpaired) electrons. The number of benzene rings is 1. The molecule has 1 fully saturated rings. The van der Waals surface area contributed by atoms with E-state index in [0.29, 0.717) is 6.04 Å². The van der Waals surface area contributed by atoms with Gasteiger partial charge in [0, 0.05) is 25.3 Å². The van der Waals surface area contributed by atoms with Crippen LogP contribution in [0.2, 0.25) is 0 Å². The summed E-state index contributed by atoms with van der Waals surface area (Å²) in [6, 6.07) is 9.17. The molecule has 15 heavy (non-hydrogen) atoms. The fourth-order valence-corrected chi connectivity index (χ4v) is 2.23. The second-order valence-electron chi connectivity index (χ2n) is 4.81. The van der Waals surface area contributed by atoms with Crippen LogP contribution in [0.1, 0.15) is 18.4 Å². The Kier molecular flexibility index (Phi) is 2.96. The minimum Gasteiger partial charge on any atom is -0.374 e. The van der Waals surface area contributed by atoms with Gasteiger partial charge in [0.2, 0.25) is 0 Å². The van der Waals surface area contributed by atoms with Gasteiger partial charge in [0.05, 0.1) is 0 Å². The molecule has 0 aromatic heterocycles. The molecule has 0 atom stereocenters. The molecule has 0 spiro atoms. The van der Waals surface area contributed by atoms with Crippen molar-refractivity contribution in [3.05, 3.63) is 29.8 Å². The molecule has 2 heteroatoms. The highest BCUT2D eigenvalue weighted by atomic mass is 15.1. The minimum absolute atomic E-state index is 0.460. The molecular weight excluding hydrogens is 184 g/mol. The van der Waals surface area contributed by atoms with Gasteiger partial charge in [0.25, 0.3) is 0 Å². The van der Waals surface area contributed by atoms with E-state index in [4.69, 9.17) is 5.73 Å². The Bertz CT molecular complexity index is 312. The van der Waals surface area contributed by atoms with Gasteiger partial charge in [-0.3, -0.25) is 0 Å². The second kappa shape index (κ2) is 4.23. The lowest BCUT2D eigenvalue weighted by molar-refractivity contribution is 0.271. The van der Waals surface area contributed by atoms with Crippen LogP contribution in [0.25, 0.3) is 0 Å². The van der Waals surface area contributed by atoms with Gasteiger partial charge in [0.1, 0.15) is 0 Å². The lowest BCUT2D eigenvalue weighted by Crippen LogP contribution is -2.41. The first-order chi connectivity index (χ1) is 7.15. The lowest BCUT2D eigenvalue weighted by Gasteiger charge is -2.36. The zero-order chi connectivity index (χ0) is 10.8. The molecule has 0 aliphatic heterocycles. The van der Waals surface area contributed by atoms with Gasteiger partial charge in [-0.2, -0.15) is 0 Å². The van der Waals surface area contributed by atoms with E-state index >= 15 is 0 Å². The van der Waals surface area contributed by atoms with Crippen molar-refractivity contribution in [3.63, 3.8) is 0 Å². The van der Waals surface area contributed by atoms with Gasteiger partial charge in [-0.1, -0.05) is 17.7 Å². The third kappa shape index (κ3) is 2.51. The third-order valence-corrected chi connectivity index (χ3v) is 3.28. The predicted octanol–water partition coefficient (Wildman–Crippen LogP) is 2.17. The summed E-state index contributed by atoms with van der Waals surface area (Å²) >= 11 is 0. The molecule has 0 saturated heterocycles. The van der Waals surface area contributed by atoms with Crippen LogP contribution in [-0.4, -0.2) is 19.6 Å². The molecule has 2 N–H and O–H groups in total. The standard InChI is InChI=1S/C13H20N2/c1-10-3-5-13(6-4-10)15(2)9-11-7-12(14)8-11/h3-6,11-12H,7-9,14H2,1-2H3. The maximum Gasteiger partial charge on any atom is 0.0363 e. The molecule has 0 amide bonds. The molecule has 1 aromatic carbocycles. The highest BCUT2D eigenvalue weighted by molar-refractivity contribution is 5.46. The summed E-state index contributed by atoms with van der Waals surface area (Å²) < 4.78 is 0. The van der Waals surface area contributed by atoms with Gasteiger partial charge in [-0.05, 0) is 37.8 Å². The topological polar surface area (TPSA) is 29.3 Å². The van der Waals surface area contributed by atoms with Crippen LogP contribution in [0.4, 0.5) is 5.69 Å². The fourth-order valence-electron chi connectivity index (χ4n) is 2.23. The average Bonchev–Trinajstić information content (AvgIpc) is 2.16. The summed E-state index contributed by atoms with van der Waals surface area (Å²) in [5, 5.41) is 0. The molecule has 1 saturated carbocycles. The van der Waals surface area contributed by atoms with Crippen molar-refractivity contribution in [2.24, 2.45) is 11.7 Å². The number of aryl methyl sites for hydroxylation is 1. The van der Waals surface area contributed by atoms with Crippen LogP contribution < -0.4 is 10.6 Å². The normalized spacial score (nSPS) is 24.7. The van der Waals surface area contributed by atoms with Gasteiger partial charge in [0.15, 0.2) is 0 Å². The first kappa shape index (κ1) is 10.5. The summed E-state index contributed by atoms with van der Waals surface area (Å²) in [7, 11) is 2.16. The number of hydrogen-bond acceptors (Lipinski definition) is 2. The van der Waals surface area contributed by atoms with Crippen molar-refractivity contribution >= 4 is 5.69 Å². The highest BCUT2D eigenvalue weighted by Gasteiger charge is 2.26. The van der Waals surface area contributed by atoms with Crippen molar-refractivity contribution in [2.75, 3.05) is 18.5 Å². The Morgan fingerprint density at radius 1 is 1.27 bits per heavy atom. The molecule has 0 unspecified atom stereocenters. The monoisotopic (exact) mass is 204 g/mol. The lowest BCUT2D eigenvalue weighted by atomic mass is 9.80. The Morgan fingerprint density at radius 2 is 1.87 bits per heavy atom. The first-order valence-corrected chi connectivity index (χ1v) is 5.68. The maximum absolute atomic E-state index is 5.78. The van der Waals surface area contributed by atoms with Gasteiger partial charge >= 0.3 is 0 Å². The fraction of sp³-hybridized carbons (Fsp3) is 0.538. The molecule has 1 aliphatic carbocycles. The Morgan fingerprint density at radius 3 is 2.40 bits per heavy atom. The van der Waals surface area contributed by atoms with Crippen LogP contribution in [-0.2, 0) is 0 Å². The SMILES string of the molecule is Cc1ccc(N(C)CC2CC(N)C2)cc1. The van der Waals surface area contributed by atoms with E-state index < -0.39 is 0 Å². The Balaban J connectivity index is 1.90. The number of anilines is 1. The maximum atomic E-state index is 5.78. The van der Waals surface area contributed by atoms with Crippen molar-refractivity contribution < 1.29 is 0 Å². The molecule has 1 aliphatic rings. The van der Waals surface area contributed by atoms with E-state index in [1.165, 1.54) is 24.1 Å². The third-order valence-electron chi connectivity index (χ3n) is 3.28. The predicted molar refractivity (Wildman–Crippen MR) is 65.1 cm³/mol. The molecule has 1 aromatic rings. The summed E-state index contributed by atoms with van der Waals surface area (Å²) in [5.74, 6) is 0.798. The minimum atomic E-state index is 0.460. The molecular formula is C13H20N2. The van der Waals surface area contributed by atoms with E-state index in [9.17, 15) is 0 Å². The molecule has 82 valence electrons. The zero-order valence-electron chi connectivity index (χ0n) is 9.61. The van der Waals surface area contributed by atoms with Crippen LogP contribution in [0.15, 0.2) is 24.3 Å². The highest BCUT2D eigenvalue weighted by Crippen LogP contribution is 2.27. The summed E-state index contributed by atoms with van der Waals surface area (Å²) in [5.41, 5.74) is 8.41. The van der Waals surface area contributed by atoms with Gasteiger partial charge < -0.3 is 10.6 Å². The smallest absolute Gasteiger partial charge is 0.0363 e. The van der Waals surface area contributed by atoms with Crippen molar-refractivity contribution in [1.29, 1.82) is 0 Å². The van der Waals surface area contributed by atoms with E-state index in [2.05, 4.69) is 43.1 Å². The molecule has 0 bridgehead atoms. The zero-order valence-corrected chi connectivity index (χ0v) is 9.61. The summed E-state index contributed by atoms with van der Waals surface area (Å²) in [6.07, 6.45) is 2.38. The van der Waals surface area contributed by atoms with E-state index in [1.54, 1.807) is 0 Å². The molecule has 2 rings (SSSR count). The number of nitrogens with zero attached hydrogens (tertiary/aromatic N) is 1. The van der Waals surface area contributed by atoms with Crippen LogP contribution in [0.5, 0.6) is 0 Å². The van der Waals surface area contributed by atoms with Crippen LogP contribution >= 0.6 is 0 Å². The number of rotatable bonds is 3. The molecule has 2 nitrogen and oxygen atoms in total. The number of hydrogen-bond donors (Lipinski definition) is 1. The Hall–Kier alpha value is -1.02. The van der Waals surface area contributed by atoms with E-state index in [1.807, 2.05) is 0 Å². The summed E-state index contributed by atoms with van der Waals surface area (Å²) in [4.78, 5) is 2.33. The van der Waals surface area contributed by atoms with Gasteiger partial charge in [-0.25, -0.2) is 0 Å². The summed E-state index contributed by atoms with van der Waals surface area (Å²) in [6.45, 7) is 3.26. The van der Waals surface area contributed by atoms with E-state index in [0.717, 1.165) is 12.5 Å². The quantitative estimate of drug-likeness (QED) is 0.817. The van der Waals surface area contributed by atoms with Crippen molar-refractivity contribution in [1.82, 2.24) is 0 Å². The Labute approximate surface area is 92.1 Å². The molecule has 0 heterocycles.